The molecule has 0 radical (unpaired) electrons. The van der Waals surface area contributed by atoms with Crippen molar-refractivity contribution in [3.8, 4) is 0 Å². The van der Waals surface area contributed by atoms with E-state index in [9.17, 15) is 0 Å². The molecule has 2 heteroatoms. The fourth-order valence-corrected chi connectivity index (χ4v) is 3.55. The van der Waals surface area contributed by atoms with Crippen LogP contribution in [0.25, 0.3) is 0 Å². The van der Waals surface area contributed by atoms with E-state index in [2.05, 4.69) is 26.5 Å². The van der Waals surface area contributed by atoms with Gasteiger partial charge in [0.05, 0.1) is 6.54 Å². The maximum atomic E-state index is 3.90. The molecule has 0 heterocycles. The van der Waals surface area contributed by atoms with Crippen molar-refractivity contribution in [1.29, 1.82) is 0 Å². The summed E-state index contributed by atoms with van der Waals surface area (Å²) >= 11 is 0. The number of hydrogen-bond donors (Lipinski definition) is 1. The highest BCUT2D eigenvalue weighted by Crippen LogP contribution is 2.36. The lowest BCUT2D eigenvalue weighted by Crippen LogP contribution is -3.00. The van der Waals surface area contributed by atoms with Crippen LogP contribution in [0.15, 0.2) is 0 Å². The van der Waals surface area contributed by atoms with Crippen LogP contribution in [0.4, 0.5) is 0 Å². The summed E-state index contributed by atoms with van der Waals surface area (Å²) in [5, 5.41) is 0. The van der Waals surface area contributed by atoms with Gasteiger partial charge in [0, 0.05) is 0 Å². The number of quaternary nitrogens is 1. The maximum absolute atomic E-state index is 3.90. The van der Waals surface area contributed by atoms with Crippen LogP contribution >= 0.6 is 0 Å². The van der Waals surface area contributed by atoms with Gasteiger partial charge in [-0.3, -0.25) is 0 Å². The van der Waals surface area contributed by atoms with Gasteiger partial charge in [-0.1, -0.05) is 97.8 Å². The standard InChI is InChI=1S/C20H43N.BrH/c1-4-20(5-2,6-3)18-16-14-12-10-8-7-9-11-13-15-17-19-21;/h4-19,21H2,1-3H3;1H. The van der Waals surface area contributed by atoms with Gasteiger partial charge in [-0.15, -0.1) is 0 Å². The molecular formula is C20H44BrN. The highest BCUT2D eigenvalue weighted by Gasteiger charge is 2.22. The Morgan fingerprint density at radius 1 is 0.545 bits per heavy atom. The van der Waals surface area contributed by atoms with E-state index in [0.29, 0.717) is 5.41 Å². The van der Waals surface area contributed by atoms with Crippen molar-refractivity contribution in [3.63, 3.8) is 0 Å². The molecule has 0 atom stereocenters. The molecule has 0 amide bonds. The van der Waals surface area contributed by atoms with E-state index in [1.165, 1.54) is 96.3 Å². The van der Waals surface area contributed by atoms with Crippen molar-refractivity contribution in [2.24, 2.45) is 5.41 Å². The number of rotatable bonds is 16. The first kappa shape index (κ1) is 24.7. The van der Waals surface area contributed by atoms with Crippen LogP contribution in [0.2, 0.25) is 0 Å². The van der Waals surface area contributed by atoms with E-state index in [-0.39, 0.29) is 17.0 Å². The molecule has 3 N–H and O–H groups in total. The van der Waals surface area contributed by atoms with Gasteiger partial charge in [0.1, 0.15) is 0 Å². The van der Waals surface area contributed by atoms with Crippen LogP contribution < -0.4 is 22.7 Å². The van der Waals surface area contributed by atoms with Crippen molar-refractivity contribution < 1.29 is 22.7 Å². The maximum Gasteiger partial charge on any atom is 0.0739 e. The zero-order valence-electron chi connectivity index (χ0n) is 15.9. The highest BCUT2D eigenvalue weighted by atomic mass is 79.9. The van der Waals surface area contributed by atoms with E-state index in [0.717, 1.165) is 6.54 Å². The average Bonchev–Trinajstić information content (AvgIpc) is 2.53. The summed E-state index contributed by atoms with van der Waals surface area (Å²) in [4.78, 5) is 0. The largest absolute Gasteiger partial charge is 1.00 e. The van der Waals surface area contributed by atoms with E-state index < -0.39 is 0 Å². The molecule has 0 fully saturated rings. The molecule has 0 aliphatic heterocycles. The molecule has 0 aromatic rings. The molecule has 22 heavy (non-hydrogen) atoms. The first-order chi connectivity index (χ1) is 10.2. The average molecular weight is 378 g/mol. The fourth-order valence-electron chi connectivity index (χ4n) is 3.55. The van der Waals surface area contributed by atoms with Gasteiger partial charge in [0.25, 0.3) is 0 Å². The summed E-state index contributed by atoms with van der Waals surface area (Å²) < 4.78 is 0. The minimum absolute atomic E-state index is 0. The minimum Gasteiger partial charge on any atom is -1.00 e. The lowest BCUT2D eigenvalue weighted by Gasteiger charge is -2.30. The number of unbranched alkanes of at least 4 members (excludes halogenated alkanes) is 10. The third-order valence-corrected chi connectivity index (χ3v) is 5.71. The molecule has 0 bridgehead atoms. The van der Waals surface area contributed by atoms with Gasteiger partial charge in [-0.2, -0.15) is 0 Å². The molecule has 0 unspecified atom stereocenters. The highest BCUT2D eigenvalue weighted by molar-refractivity contribution is 4.74. The van der Waals surface area contributed by atoms with E-state index in [4.69, 9.17) is 0 Å². The molecule has 136 valence electrons. The molecule has 0 aliphatic carbocycles. The normalized spacial score (nSPS) is 11.5. The van der Waals surface area contributed by atoms with Crippen molar-refractivity contribution in [2.45, 2.75) is 117 Å². The van der Waals surface area contributed by atoms with Crippen molar-refractivity contribution >= 4 is 0 Å². The molecule has 0 aliphatic rings. The Kier molecular flexibility index (Phi) is 20.0. The Morgan fingerprint density at radius 3 is 1.18 bits per heavy atom. The van der Waals surface area contributed by atoms with Gasteiger partial charge in [-0.05, 0) is 24.7 Å². The van der Waals surface area contributed by atoms with Crippen molar-refractivity contribution in [1.82, 2.24) is 0 Å². The summed E-state index contributed by atoms with van der Waals surface area (Å²) in [6.45, 7) is 8.26. The Balaban J connectivity index is 0. The Morgan fingerprint density at radius 2 is 0.864 bits per heavy atom. The Labute approximate surface area is 152 Å². The second-order valence-corrected chi connectivity index (χ2v) is 7.05. The summed E-state index contributed by atoms with van der Waals surface area (Å²) in [5.41, 5.74) is 4.56. The zero-order chi connectivity index (χ0) is 15.8. The Bertz CT molecular complexity index is 194. The smallest absolute Gasteiger partial charge is 0.0739 e. The predicted octanol–water partition coefficient (Wildman–Crippen LogP) is 3.13. The van der Waals surface area contributed by atoms with Crippen molar-refractivity contribution in [2.75, 3.05) is 6.54 Å². The quantitative estimate of drug-likeness (QED) is 0.400. The minimum atomic E-state index is 0. The zero-order valence-corrected chi connectivity index (χ0v) is 17.5. The van der Waals surface area contributed by atoms with Crippen LogP contribution in [0.3, 0.4) is 0 Å². The topological polar surface area (TPSA) is 27.6 Å². The van der Waals surface area contributed by atoms with Gasteiger partial charge in [0.15, 0.2) is 0 Å². The first-order valence-corrected chi connectivity index (χ1v) is 10.0. The van der Waals surface area contributed by atoms with Crippen LogP contribution in [0.5, 0.6) is 0 Å². The molecule has 0 spiro atoms. The lowest BCUT2D eigenvalue weighted by atomic mass is 9.75. The van der Waals surface area contributed by atoms with E-state index in [1.807, 2.05) is 0 Å². The Hall–Kier alpha value is 0.440. The monoisotopic (exact) mass is 377 g/mol. The molecule has 0 aromatic heterocycles. The number of hydrogen-bond acceptors (Lipinski definition) is 0. The van der Waals surface area contributed by atoms with E-state index in [1.54, 1.807) is 0 Å². The summed E-state index contributed by atoms with van der Waals surface area (Å²) in [5.74, 6) is 0. The number of halogens is 1. The lowest BCUT2D eigenvalue weighted by molar-refractivity contribution is -0.368. The van der Waals surface area contributed by atoms with Crippen LogP contribution in [-0.2, 0) is 0 Å². The molecule has 0 saturated heterocycles. The van der Waals surface area contributed by atoms with Gasteiger partial charge in [-0.25, -0.2) is 0 Å². The second kappa shape index (κ2) is 17.8. The summed E-state index contributed by atoms with van der Waals surface area (Å²) in [7, 11) is 0. The van der Waals surface area contributed by atoms with Gasteiger partial charge in [0.2, 0.25) is 0 Å². The molecule has 0 saturated carbocycles. The van der Waals surface area contributed by atoms with Crippen molar-refractivity contribution in [3.05, 3.63) is 0 Å². The third kappa shape index (κ3) is 12.9. The summed E-state index contributed by atoms with van der Waals surface area (Å²) in [6.07, 6.45) is 21.4. The van der Waals surface area contributed by atoms with Crippen LogP contribution in [0.1, 0.15) is 117 Å². The third-order valence-electron chi connectivity index (χ3n) is 5.71. The molecule has 0 rings (SSSR count). The van der Waals surface area contributed by atoms with Gasteiger partial charge < -0.3 is 22.7 Å². The van der Waals surface area contributed by atoms with Crippen LogP contribution in [0, 0.1) is 5.41 Å². The molecule has 1 nitrogen and oxygen atoms in total. The molecule has 0 aromatic carbocycles. The summed E-state index contributed by atoms with van der Waals surface area (Å²) in [6, 6.07) is 0. The second-order valence-electron chi connectivity index (χ2n) is 7.05. The van der Waals surface area contributed by atoms with Crippen LogP contribution in [-0.4, -0.2) is 6.54 Å². The van der Waals surface area contributed by atoms with E-state index >= 15 is 0 Å². The van der Waals surface area contributed by atoms with Gasteiger partial charge >= 0.3 is 0 Å². The predicted molar refractivity (Wildman–Crippen MR) is 96.5 cm³/mol. The fraction of sp³-hybridized carbons (Fsp3) is 1.00. The molecular weight excluding hydrogens is 334 g/mol. The first-order valence-electron chi connectivity index (χ1n) is 10.0. The SMILES string of the molecule is CCC(CC)(CC)CCCCCCCCCCCCC[NH3+].[Br-].